The van der Waals surface area contributed by atoms with Crippen molar-refractivity contribution in [1.82, 2.24) is 5.32 Å². The summed E-state index contributed by atoms with van der Waals surface area (Å²) in [5.74, 6) is -0.00360. The zero-order chi connectivity index (χ0) is 20.7. The summed E-state index contributed by atoms with van der Waals surface area (Å²) < 4.78 is 0. The van der Waals surface area contributed by atoms with Gasteiger partial charge in [0, 0.05) is 12.1 Å². The molecule has 2 heteroatoms. The lowest BCUT2D eigenvalue weighted by molar-refractivity contribution is -0.117. The van der Waals surface area contributed by atoms with Crippen LogP contribution < -0.4 is 5.32 Å². The van der Waals surface area contributed by atoms with Gasteiger partial charge >= 0.3 is 0 Å². The largest absolute Gasteiger partial charge is 0.350 e. The summed E-state index contributed by atoms with van der Waals surface area (Å²) in [4.78, 5) is 11.6. The highest BCUT2D eigenvalue weighted by atomic mass is 16.1. The number of nitrogens with one attached hydrogen (secondary N) is 1. The molecule has 0 fully saturated rings. The Balaban J connectivity index is 3.36. The molecule has 0 aromatic rings. The lowest BCUT2D eigenvalue weighted by Gasteiger charge is -2.07. The van der Waals surface area contributed by atoms with Gasteiger partial charge in [-0.15, -0.1) is 0 Å². The SMILES string of the molecule is CCCCCCCCCCC/C=C\CCCC/C=C/C=C/C(=O)N[C@@H](C)CC. The van der Waals surface area contributed by atoms with E-state index >= 15 is 0 Å². The van der Waals surface area contributed by atoms with Crippen molar-refractivity contribution in [3.05, 3.63) is 36.5 Å². The first kappa shape index (κ1) is 26.7. The van der Waals surface area contributed by atoms with Gasteiger partial charge in [0.05, 0.1) is 0 Å². The van der Waals surface area contributed by atoms with Crippen LogP contribution in [0.4, 0.5) is 0 Å². The van der Waals surface area contributed by atoms with E-state index in [1.165, 1.54) is 83.5 Å². The minimum absolute atomic E-state index is 0.00360. The van der Waals surface area contributed by atoms with Crippen LogP contribution >= 0.6 is 0 Å². The molecule has 0 rings (SSSR count). The number of amides is 1. The van der Waals surface area contributed by atoms with Crippen molar-refractivity contribution >= 4 is 5.91 Å². The predicted molar refractivity (Wildman–Crippen MR) is 126 cm³/mol. The maximum atomic E-state index is 11.6. The van der Waals surface area contributed by atoms with E-state index in [1.807, 2.05) is 19.1 Å². The molecule has 28 heavy (non-hydrogen) atoms. The van der Waals surface area contributed by atoms with Crippen LogP contribution in [-0.2, 0) is 4.79 Å². The molecule has 0 saturated heterocycles. The molecular weight excluding hydrogens is 342 g/mol. The minimum Gasteiger partial charge on any atom is -0.350 e. The fraction of sp³-hybridized carbons (Fsp3) is 0.731. The van der Waals surface area contributed by atoms with E-state index in [0.717, 1.165) is 12.8 Å². The van der Waals surface area contributed by atoms with Gasteiger partial charge in [0.25, 0.3) is 0 Å². The third-order valence-corrected chi connectivity index (χ3v) is 5.13. The van der Waals surface area contributed by atoms with Crippen molar-refractivity contribution in [3.63, 3.8) is 0 Å². The van der Waals surface area contributed by atoms with E-state index in [2.05, 4.69) is 37.4 Å². The van der Waals surface area contributed by atoms with Crippen molar-refractivity contribution in [2.24, 2.45) is 0 Å². The number of carbonyl (C=O) groups excluding carboxylic acids is 1. The highest BCUT2D eigenvalue weighted by molar-refractivity contribution is 5.87. The molecule has 1 atom stereocenters. The highest BCUT2D eigenvalue weighted by Gasteiger charge is 1.99. The summed E-state index contributed by atoms with van der Waals surface area (Å²) in [6.45, 7) is 6.37. The molecule has 0 radical (unpaired) electrons. The number of hydrogen-bond donors (Lipinski definition) is 1. The topological polar surface area (TPSA) is 29.1 Å². The first-order valence-electron chi connectivity index (χ1n) is 12.0. The van der Waals surface area contributed by atoms with Crippen LogP contribution in [0.25, 0.3) is 0 Å². The Labute approximate surface area is 176 Å². The van der Waals surface area contributed by atoms with E-state index in [-0.39, 0.29) is 11.9 Å². The number of rotatable bonds is 19. The maximum Gasteiger partial charge on any atom is 0.244 e. The molecule has 0 aliphatic carbocycles. The van der Waals surface area contributed by atoms with Crippen molar-refractivity contribution in [2.75, 3.05) is 0 Å². The normalized spacial score (nSPS) is 13.1. The summed E-state index contributed by atoms with van der Waals surface area (Å²) in [7, 11) is 0. The van der Waals surface area contributed by atoms with Crippen LogP contribution in [0.1, 0.15) is 117 Å². The van der Waals surface area contributed by atoms with Gasteiger partial charge in [-0.2, -0.15) is 0 Å². The zero-order valence-corrected chi connectivity index (χ0v) is 19.1. The summed E-state index contributed by atoms with van der Waals surface area (Å²) in [5.41, 5.74) is 0. The van der Waals surface area contributed by atoms with Crippen molar-refractivity contribution in [3.8, 4) is 0 Å². The molecule has 1 N–H and O–H groups in total. The monoisotopic (exact) mass is 389 g/mol. The van der Waals surface area contributed by atoms with E-state index in [1.54, 1.807) is 6.08 Å². The molecule has 0 aromatic heterocycles. The number of carbonyl (C=O) groups is 1. The average Bonchev–Trinajstić information content (AvgIpc) is 2.69. The fourth-order valence-electron chi connectivity index (χ4n) is 3.04. The highest BCUT2D eigenvalue weighted by Crippen LogP contribution is 2.11. The van der Waals surface area contributed by atoms with Crippen LogP contribution in [0.3, 0.4) is 0 Å². The summed E-state index contributed by atoms with van der Waals surface area (Å²) in [5, 5.41) is 2.92. The average molecular weight is 390 g/mol. The van der Waals surface area contributed by atoms with Crippen molar-refractivity contribution < 1.29 is 4.79 Å². The molecule has 0 aromatic carbocycles. The molecule has 0 saturated carbocycles. The van der Waals surface area contributed by atoms with Gasteiger partial charge in [-0.05, 0) is 51.9 Å². The number of hydrogen-bond acceptors (Lipinski definition) is 1. The first-order chi connectivity index (χ1) is 13.7. The van der Waals surface area contributed by atoms with Crippen LogP contribution in [-0.4, -0.2) is 11.9 Å². The van der Waals surface area contributed by atoms with Gasteiger partial charge in [-0.1, -0.05) is 95.6 Å². The molecule has 0 spiro atoms. The Hall–Kier alpha value is -1.31. The van der Waals surface area contributed by atoms with Gasteiger partial charge in [0.15, 0.2) is 0 Å². The quantitative estimate of drug-likeness (QED) is 0.103. The van der Waals surface area contributed by atoms with Crippen molar-refractivity contribution in [1.29, 1.82) is 0 Å². The second kappa shape index (κ2) is 22.0. The molecule has 0 bridgehead atoms. The number of allylic oxidation sites excluding steroid dienone is 5. The molecule has 1 amide bonds. The van der Waals surface area contributed by atoms with Gasteiger partial charge in [0.1, 0.15) is 0 Å². The maximum absolute atomic E-state index is 11.6. The lowest BCUT2D eigenvalue weighted by atomic mass is 10.1. The molecule has 2 nitrogen and oxygen atoms in total. The summed E-state index contributed by atoms with van der Waals surface area (Å²) in [6, 6.07) is 0.245. The van der Waals surface area contributed by atoms with E-state index in [9.17, 15) is 4.79 Å². The predicted octanol–water partition coefficient (Wildman–Crippen LogP) is 8.05. The standard InChI is InChI=1S/C26H47NO/c1-4-6-7-8-9-10-11-12-13-14-15-16-17-18-19-20-21-22-23-24-26(28)27-25(3)5-2/h15-16,21-25H,4-14,17-20H2,1-3H3,(H,27,28)/b16-15-,22-21+,24-23+/t25-/m0/s1. The molecule has 0 heterocycles. The molecule has 0 unspecified atom stereocenters. The summed E-state index contributed by atoms with van der Waals surface area (Å²) >= 11 is 0. The van der Waals surface area contributed by atoms with Gasteiger partial charge < -0.3 is 5.32 Å². The first-order valence-corrected chi connectivity index (χ1v) is 12.0. The lowest BCUT2D eigenvalue weighted by Crippen LogP contribution is -2.30. The van der Waals surface area contributed by atoms with Crippen molar-refractivity contribution in [2.45, 2.75) is 123 Å². The van der Waals surface area contributed by atoms with Gasteiger partial charge in [0.2, 0.25) is 5.91 Å². The third kappa shape index (κ3) is 21.0. The molecular formula is C26H47NO. The minimum atomic E-state index is -0.00360. The smallest absolute Gasteiger partial charge is 0.244 e. The zero-order valence-electron chi connectivity index (χ0n) is 19.1. The second-order valence-electron chi connectivity index (χ2n) is 7.98. The Kier molecular flexibility index (Phi) is 21.0. The second-order valence-corrected chi connectivity index (χ2v) is 7.98. The van der Waals surface area contributed by atoms with Gasteiger partial charge in [-0.3, -0.25) is 4.79 Å². The van der Waals surface area contributed by atoms with Gasteiger partial charge in [-0.25, -0.2) is 0 Å². The third-order valence-electron chi connectivity index (χ3n) is 5.13. The Morgan fingerprint density at radius 1 is 0.714 bits per heavy atom. The fourth-order valence-corrected chi connectivity index (χ4v) is 3.04. The molecule has 0 aliphatic heterocycles. The Bertz CT molecular complexity index is 422. The molecule has 162 valence electrons. The van der Waals surface area contributed by atoms with Crippen LogP contribution in [0.2, 0.25) is 0 Å². The van der Waals surface area contributed by atoms with E-state index in [4.69, 9.17) is 0 Å². The van der Waals surface area contributed by atoms with Crippen LogP contribution in [0.15, 0.2) is 36.5 Å². The Morgan fingerprint density at radius 3 is 1.79 bits per heavy atom. The number of unbranched alkanes of at least 4 members (excludes halogenated alkanes) is 12. The van der Waals surface area contributed by atoms with Crippen LogP contribution in [0.5, 0.6) is 0 Å². The van der Waals surface area contributed by atoms with E-state index in [0.29, 0.717) is 0 Å². The Morgan fingerprint density at radius 2 is 1.21 bits per heavy atom. The van der Waals surface area contributed by atoms with Crippen LogP contribution in [0, 0.1) is 0 Å². The molecule has 0 aliphatic rings. The summed E-state index contributed by atoms with van der Waals surface area (Å²) in [6.07, 6.45) is 31.9. The van der Waals surface area contributed by atoms with E-state index < -0.39 is 0 Å².